The minimum atomic E-state index is -3.62. The molecule has 2 aliphatic heterocycles. The number of aliphatic hydroxyl groups excluding tert-OH is 1. The smallest absolute Gasteiger partial charge is 0.245 e. The first kappa shape index (κ1) is 20.6. The third-order valence-electron chi connectivity index (χ3n) is 5.33. The zero-order valence-corrected chi connectivity index (χ0v) is 17.2. The highest BCUT2D eigenvalue weighted by Gasteiger charge is 2.47. The average Bonchev–Trinajstić information content (AvgIpc) is 2.50. The van der Waals surface area contributed by atoms with Crippen LogP contribution in [0.15, 0.2) is 11.4 Å². The molecule has 2 heterocycles. The molecule has 0 unspecified atom stereocenters. The van der Waals surface area contributed by atoms with Crippen molar-refractivity contribution in [2.24, 2.45) is 5.41 Å². The minimum Gasteiger partial charge on any atom is -0.392 e. The van der Waals surface area contributed by atoms with Gasteiger partial charge >= 0.3 is 0 Å². The first-order valence-electron chi connectivity index (χ1n) is 8.52. The van der Waals surface area contributed by atoms with Crippen LogP contribution in [0.3, 0.4) is 0 Å². The molecular formula is C17H28NO5PS. The molecule has 0 aromatic rings. The van der Waals surface area contributed by atoms with E-state index in [9.17, 15) is 18.3 Å². The lowest BCUT2D eigenvalue weighted by Gasteiger charge is -2.34. The fourth-order valence-corrected chi connectivity index (χ4v) is 5.70. The number of aliphatic hydroxyl groups is 1. The summed E-state index contributed by atoms with van der Waals surface area (Å²) >= 11 is 0. The number of carbonyl (C=O) groups is 1. The number of sulfone groups is 1. The van der Waals surface area contributed by atoms with Crippen LogP contribution >= 0.6 is 8.20 Å². The molecule has 0 radical (unpaired) electrons. The summed E-state index contributed by atoms with van der Waals surface area (Å²) in [6.45, 7) is 9.37. The molecule has 0 aromatic carbocycles. The van der Waals surface area contributed by atoms with Crippen LogP contribution in [0.5, 0.6) is 0 Å². The largest absolute Gasteiger partial charge is 0.392 e. The second-order valence-corrected chi connectivity index (χ2v) is 11.7. The quantitative estimate of drug-likeness (QED) is 0.677. The molecule has 0 bridgehead atoms. The standard InChI is InChI=1S/C17H28NO5PS/c1-11(19)16(2,3)13-10-14(24-13)18-15(20)17(4,5)25(21,22)12-6-8-23-9-7-12/h10-12,19H,6-9H2,1-5H3,(H,18,20)/t11-/m0/s1. The molecule has 0 aliphatic carbocycles. The summed E-state index contributed by atoms with van der Waals surface area (Å²) in [7, 11) is -2.79. The predicted molar refractivity (Wildman–Crippen MR) is 100 cm³/mol. The van der Waals surface area contributed by atoms with E-state index >= 15 is 0 Å². The zero-order valence-electron chi connectivity index (χ0n) is 15.5. The van der Waals surface area contributed by atoms with Gasteiger partial charge in [0, 0.05) is 18.6 Å². The van der Waals surface area contributed by atoms with E-state index in [1.165, 1.54) is 13.8 Å². The molecule has 1 fully saturated rings. The second-order valence-electron chi connectivity index (χ2n) is 7.75. The van der Waals surface area contributed by atoms with E-state index in [-0.39, 0.29) is 5.41 Å². The molecule has 8 heteroatoms. The molecule has 1 atom stereocenters. The lowest BCUT2D eigenvalue weighted by Crippen LogP contribution is -2.53. The van der Waals surface area contributed by atoms with Gasteiger partial charge in [0.05, 0.1) is 16.8 Å². The maximum atomic E-state index is 12.9. The number of nitrogens with one attached hydrogen (secondary N) is 1. The van der Waals surface area contributed by atoms with Crippen LogP contribution in [0.25, 0.3) is 0 Å². The summed E-state index contributed by atoms with van der Waals surface area (Å²) in [6, 6.07) is 0. The molecule has 25 heavy (non-hydrogen) atoms. The minimum absolute atomic E-state index is 0.376. The highest BCUT2D eigenvalue weighted by Crippen LogP contribution is 2.43. The molecule has 6 nitrogen and oxygen atoms in total. The van der Waals surface area contributed by atoms with Crippen molar-refractivity contribution in [1.29, 1.82) is 0 Å². The van der Waals surface area contributed by atoms with E-state index in [1.54, 1.807) is 6.92 Å². The maximum absolute atomic E-state index is 12.9. The van der Waals surface area contributed by atoms with Gasteiger partial charge in [-0.25, -0.2) is 8.42 Å². The Labute approximate surface area is 151 Å². The average molecular weight is 389 g/mol. The van der Waals surface area contributed by atoms with Crippen molar-refractivity contribution in [3.63, 3.8) is 0 Å². The number of rotatable bonds is 6. The molecular weight excluding hydrogens is 361 g/mol. The molecule has 1 amide bonds. The van der Waals surface area contributed by atoms with Crippen LogP contribution in [0.1, 0.15) is 47.5 Å². The number of hydrogen-bond acceptors (Lipinski definition) is 5. The lowest BCUT2D eigenvalue weighted by molar-refractivity contribution is -0.121. The van der Waals surface area contributed by atoms with E-state index in [0.717, 1.165) is 13.5 Å². The summed E-state index contributed by atoms with van der Waals surface area (Å²) in [5.41, 5.74) is 0.295. The Balaban J connectivity index is 2.06. The molecule has 2 N–H and O–H groups in total. The van der Waals surface area contributed by atoms with Crippen molar-refractivity contribution in [2.45, 2.75) is 63.6 Å². The lowest BCUT2D eigenvalue weighted by atomic mass is 9.86. The van der Waals surface area contributed by atoms with Gasteiger partial charge in [0.15, 0.2) is 9.84 Å². The maximum Gasteiger partial charge on any atom is 0.245 e. The zero-order chi connectivity index (χ0) is 19.0. The van der Waals surface area contributed by atoms with Crippen molar-refractivity contribution < 1.29 is 23.1 Å². The third-order valence-corrected chi connectivity index (χ3v) is 9.71. The summed E-state index contributed by atoms with van der Waals surface area (Å²) in [6.07, 6.45) is 2.18. The fraction of sp³-hybridized carbons (Fsp3) is 0.765. The van der Waals surface area contributed by atoms with Crippen molar-refractivity contribution in [1.82, 2.24) is 5.32 Å². The molecule has 0 aromatic heterocycles. The van der Waals surface area contributed by atoms with Crippen molar-refractivity contribution >= 4 is 29.4 Å². The molecule has 0 saturated carbocycles. The monoisotopic (exact) mass is 389 g/mol. The number of amides is 1. The Bertz CT molecular complexity index is 701. The molecule has 1 saturated heterocycles. The van der Waals surface area contributed by atoms with Gasteiger partial charge in [-0.15, -0.1) is 0 Å². The van der Waals surface area contributed by atoms with Gasteiger partial charge in [-0.3, -0.25) is 4.79 Å². The number of ether oxygens (including phenoxy) is 1. The number of carbonyl (C=O) groups excluding carboxylic acids is 1. The fourth-order valence-electron chi connectivity index (χ4n) is 2.66. The Morgan fingerprint density at radius 1 is 1.32 bits per heavy atom. The van der Waals surface area contributed by atoms with E-state index in [1.807, 2.05) is 19.9 Å². The summed E-state index contributed by atoms with van der Waals surface area (Å²) in [5.74, 6) is -0.508. The highest BCUT2D eigenvalue weighted by molar-refractivity contribution is 7.94. The van der Waals surface area contributed by atoms with Crippen molar-refractivity contribution in [2.75, 3.05) is 13.2 Å². The van der Waals surface area contributed by atoms with E-state index < -0.39 is 31.8 Å². The van der Waals surface area contributed by atoms with Gasteiger partial charge in [-0.05, 0) is 53.2 Å². The topological polar surface area (TPSA) is 92.7 Å². The van der Waals surface area contributed by atoms with Crippen molar-refractivity contribution in [3.8, 4) is 0 Å². The van der Waals surface area contributed by atoms with Crippen LogP contribution in [0.4, 0.5) is 0 Å². The van der Waals surface area contributed by atoms with Gasteiger partial charge in [0.1, 0.15) is 4.75 Å². The molecule has 2 aliphatic rings. The van der Waals surface area contributed by atoms with E-state index in [4.69, 9.17) is 4.74 Å². The van der Waals surface area contributed by atoms with Crippen molar-refractivity contribution in [3.05, 3.63) is 11.4 Å². The SMILES string of the molecule is C[C@H](O)C(C)(C)C1=CC(NC(=O)C(C)(C)S(=O)(=O)C2CCOCC2)=P1. The Morgan fingerprint density at radius 2 is 1.84 bits per heavy atom. The predicted octanol–water partition coefficient (Wildman–Crippen LogP) is 1.86. The molecule has 2 rings (SSSR count). The van der Waals surface area contributed by atoms with Crippen LogP contribution in [0, 0.1) is 5.41 Å². The second kappa shape index (κ2) is 7.10. The van der Waals surface area contributed by atoms with E-state index in [2.05, 4.69) is 5.32 Å². The number of hydrogen-bond donors (Lipinski definition) is 2. The van der Waals surface area contributed by atoms with Gasteiger partial charge in [-0.2, -0.15) is 0 Å². The first-order chi connectivity index (χ1) is 11.4. The van der Waals surface area contributed by atoms with Gasteiger partial charge in [0.2, 0.25) is 5.91 Å². The summed E-state index contributed by atoms with van der Waals surface area (Å²) in [5, 5.41) is 13.1. The van der Waals surface area contributed by atoms with Crippen LogP contribution < -0.4 is 5.32 Å². The van der Waals surface area contributed by atoms with E-state index in [0.29, 0.717) is 31.5 Å². The van der Waals surface area contributed by atoms with Crippen LogP contribution in [0.2, 0.25) is 0 Å². The first-order valence-corrected chi connectivity index (χ1v) is 11.0. The summed E-state index contributed by atoms with van der Waals surface area (Å²) in [4.78, 5) is 12.6. The Morgan fingerprint density at radius 3 is 2.32 bits per heavy atom. The molecule has 0 spiro atoms. The molecule has 142 valence electrons. The highest BCUT2D eigenvalue weighted by atomic mass is 32.2. The third kappa shape index (κ3) is 3.85. The van der Waals surface area contributed by atoms with Gasteiger partial charge in [-0.1, -0.05) is 13.8 Å². The Kier molecular flexibility index (Phi) is 5.84. The Hall–Kier alpha value is -0.750. The van der Waals surface area contributed by atoms with Crippen LogP contribution in [-0.2, 0) is 19.4 Å². The van der Waals surface area contributed by atoms with Gasteiger partial charge < -0.3 is 15.2 Å². The van der Waals surface area contributed by atoms with Crippen LogP contribution in [-0.4, -0.2) is 54.2 Å². The normalized spacial score (nSPS) is 21.7. The van der Waals surface area contributed by atoms with Gasteiger partial charge in [0.25, 0.3) is 0 Å². The summed E-state index contributed by atoms with van der Waals surface area (Å²) < 4.78 is 29.5.